The van der Waals surface area contributed by atoms with E-state index in [1.165, 1.54) is 0 Å². The van der Waals surface area contributed by atoms with Crippen molar-refractivity contribution < 1.29 is 14.0 Å². The third kappa shape index (κ3) is 2.29. The molecule has 0 bridgehead atoms. The van der Waals surface area contributed by atoms with E-state index in [1.807, 2.05) is 0 Å². The summed E-state index contributed by atoms with van der Waals surface area (Å²) in [6, 6.07) is -0.231. The molecule has 21 heavy (non-hydrogen) atoms. The van der Waals surface area contributed by atoms with Gasteiger partial charge in [0.15, 0.2) is 0 Å². The molecular weight excluding hydrogens is 268 g/mol. The van der Waals surface area contributed by atoms with E-state index < -0.39 is 24.9 Å². The van der Waals surface area contributed by atoms with Gasteiger partial charge in [-0.1, -0.05) is 6.85 Å². The van der Waals surface area contributed by atoms with Gasteiger partial charge in [0, 0.05) is 22.6 Å². The van der Waals surface area contributed by atoms with Crippen molar-refractivity contribution in [3.05, 3.63) is 0 Å². The first-order valence-electron chi connectivity index (χ1n) is 9.60. The Labute approximate surface area is 129 Å². The predicted octanol–water partition coefficient (Wildman–Crippen LogP) is -0.799. The van der Waals surface area contributed by atoms with E-state index >= 15 is 0 Å². The normalized spacial score (nSPS) is 50.7. The van der Waals surface area contributed by atoms with Gasteiger partial charge in [-0.05, 0) is 32.2 Å². The van der Waals surface area contributed by atoms with Crippen molar-refractivity contribution in [2.24, 2.45) is 11.8 Å². The number of fused-ring (bicyclic) bond motifs is 2. The summed E-state index contributed by atoms with van der Waals surface area (Å²) < 4.78 is 23.6. The lowest BCUT2D eigenvalue weighted by atomic mass is 9.89. The molecule has 3 saturated heterocycles. The van der Waals surface area contributed by atoms with Crippen molar-refractivity contribution in [2.45, 2.75) is 63.1 Å². The van der Waals surface area contributed by atoms with E-state index in [9.17, 15) is 9.90 Å². The number of carbonyl (C=O) groups is 1. The number of carbonyl (C=O) groups excluding carboxylic acids is 1. The molecule has 3 heterocycles. The quantitative estimate of drug-likeness (QED) is 0.510. The monoisotopic (exact) mass is 297 g/mol. The zero-order valence-corrected chi connectivity index (χ0v) is 12.1. The van der Waals surface area contributed by atoms with Crippen LogP contribution in [0.15, 0.2) is 0 Å². The maximum absolute atomic E-state index is 12.8. The number of amides is 1. The van der Waals surface area contributed by atoms with Gasteiger partial charge < -0.3 is 15.7 Å². The minimum Gasteiger partial charge on any atom is -0.391 e. The molecule has 6 heteroatoms. The SMILES string of the molecule is [2H]C([2H])([2H])C1C(O)CNC2C1NC(=O)C1CCCNC1N2C1CC1. The van der Waals surface area contributed by atoms with Gasteiger partial charge >= 0.3 is 0 Å². The first-order chi connectivity index (χ1) is 11.4. The van der Waals surface area contributed by atoms with Gasteiger partial charge in [-0.15, -0.1) is 0 Å². The van der Waals surface area contributed by atoms with E-state index in [0.29, 0.717) is 6.04 Å². The van der Waals surface area contributed by atoms with Crippen LogP contribution in [0.2, 0.25) is 0 Å². The number of hydrogen-bond donors (Lipinski definition) is 4. The number of hydrogen-bond acceptors (Lipinski definition) is 5. The van der Waals surface area contributed by atoms with Crippen LogP contribution in [-0.2, 0) is 4.79 Å². The fourth-order valence-electron chi connectivity index (χ4n) is 4.12. The number of nitrogens with zero attached hydrogens (tertiary/aromatic N) is 1. The highest BCUT2D eigenvalue weighted by atomic mass is 16.3. The summed E-state index contributed by atoms with van der Waals surface area (Å²) in [7, 11) is 0. The summed E-state index contributed by atoms with van der Waals surface area (Å²) in [5.74, 6) is -1.20. The van der Waals surface area contributed by atoms with Crippen LogP contribution in [0.3, 0.4) is 0 Å². The summed E-state index contributed by atoms with van der Waals surface area (Å²) in [5, 5.41) is 20.1. The Morgan fingerprint density at radius 1 is 1.29 bits per heavy atom. The highest BCUT2D eigenvalue weighted by Crippen LogP contribution is 2.37. The first kappa shape index (κ1) is 10.9. The first-order valence-corrected chi connectivity index (χ1v) is 8.10. The Morgan fingerprint density at radius 3 is 2.90 bits per heavy atom. The van der Waals surface area contributed by atoms with E-state index in [2.05, 4.69) is 20.9 Å². The number of β-amino-alcohol motifs (C(OH)–C–C–N with tert-alkyl or cyclic N) is 1. The average molecular weight is 297 g/mol. The summed E-state index contributed by atoms with van der Waals surface area (Å²) in [6.07, 6.45) is 2.61. The lowest BCUT2D eigenvalue weighted by Gasteiger charge is -2.47. The van der Waals surface area contributed by atoms with Gasteiger partial charge in [0.25, 0.3) is 0 Å². The second-order valence-corrected chi connectivity index (χ2v) is 6.81. The molecule has 4 aliphatic rings. The summed E-state index contributed by atoms with van der Waals surface area (Å²) in [5.41, 5.74) is 0. The molecule has 0 aromatic carbocycles. The molecule has 118 valence electrons. The van der Waals surface area contributed by atoms with Crippen LogP contribution in [0.4, 0.5) is 0 Å². The zero-order chi connectivity index (χ0) is 17.1. The number of aliphatic hydroxyl groups is 1. The highest BCUT2D eigenvalue weighted by molar-refractivity contribution is 5.80. The molecular formula is C15H26N4O2. The van der Waals surface area contributed by atoms with Crippen LogP contribution in [0.1, 0.15) is 36.6 Å². The molecule has 3 aliphatic heterocycles. The van der Waals surface area contributed by atoms with Gasteiger partial charge in [0.2, 0.25) is 5.91 Å². The Bertz CT molecular complexity index is 513. The summed E-state index contributed by atoms with van der Waals surface area (Å²) >= 11 is 0. The maximum atomic E-state index is 12.8. The average Bonchev–Trinajstić information content (AvgIpc) is 3.33. The predicted molar refractivity (Wildman–Crippen MR) is 78.3 cm³/mol. The maximum Gasteiger partial charge on any atom is 0.226 e. The van der Waals surface area contributed by atoms with Crippen LogP contribution >= 0.6 is 0 Å². The standard InChI is InChI=1S/C15H26N4O2/c1-8-11(20)7-17-14-12(8)18-15(21)10-3-2-6-16-13(10)19(14)9-4-5-9/h8-14,16-17,20H,2-7H2,1H3,(H,18,21)/i1D3. The second kappa shape index (κ2) is 5.19. The van der Waals surface area contributed by atoms with Gasteiger partial charge in [-0.3, -0.25) is 15.0 Å². The lowest BCUT2D eigenvalue weighted by molar-refractivity contribution is -0.128. The van der Waals surface area contributed by atoms with E-state index in [1.54, 1.807) is 0 Å². The molecule has 4 N–H and O–H groups in total. The van der Waals surface area contributed by atoms with E-state index in [-0.39, 0.29) is 30.7 Å². The molecule has 0 spiro atoms. The van der Waals surface area contributed by atoms with Crippen LogP contribution in [0.25, 0.3) is 0 Å². The fraction of sp³-hybridized carbons (Fsp3) is 0.933. The lowest BCUT2D eigenvalue weighted by Crippen LogP contribution is -2.68. The van der Waals surface area contributed by atoms with Crippen molar-refractivity contribution in [1.29, 1.82) is 0 Å². The molecule has 6 unspecified atom stereocenters. The Hall–Kier alpha value is -0.690. The number of nitrogens with one attached hydrogen (secondary N) is 3. The van der Waals surface area contributed by atoms with Gasteiger partial charge in [0.05, 0.1) is 30.4 Å². The minimum atomic E-state index is -2.31. The number of aliphatic hydroxyl groups excluding tert-OH is 1. The van der Waals surface area contributed by atoms with Crippen LogP contribution in [0.5, 0.6) is 0 Å². The van der Waals surface area contributed by atoms with Crippen LogP contribution < -0.4 is 16.0 Å². The van der Waals surface area contributed by atoms with Crippen molar-refractivity contribution in [3.8, 4) is 0 Å². The Kier molecular flexibility index (Phi) is 2.71. The third-order valence-corrected chi connectivity index (χ3v) is 5.36. The summed E-state index contributed by atoms with van der Waals surface area (Å²) in [6.45, 7) is -1.20. The molecule has 0 aromatic heterocycles. The molecule has 1 saturated carbocycles. The molecule has 1 amide bonds. The Balaban J connectivity index is 1.72. The third-order valence-electron chi connectivity index (χ3n) is 5.36. The van der Waals surface area contributed by atoms with Crippen molar-refractivity contribution in [1.82, 2.24) is 20.9 Å². The van der Waals surface area contributed by atoms with Crippen molar-refractivity contribution >= 4 is 5.91 Å². The number of piperidine rings is 2. The minimum absolute atomic E-state index is 0.0544. The molecule has 6 nitrogen and oxygen atoms in total. The molecule has 0 radical (unpaired) electrons. The van der Waals surface area contributed by atoms with E-state index in [4.69, 9.17) is 4.11 Å². The summed E-state index contributed by atoms with van der Waals surface area (Å²) in [4.78, 5) is 15.1. The van der Waals surface area contributed by atoms with Gasteiger partial charge in [0.1, 0.15) is 0 Å². The van der Waals surface area contributed by atoms with E-state index in [0.717, 1.165) is 32.2 Å². The van der Waals surface area contributed by atoms with Gasteiger partial charge in [-0.25, -0.2) is 0 Å². The fourth-order valence-corrected chi connectivity index (χ4v) is 4.12. The van der Waals surface area contributed by atoms with Crippen LogP contribution in [-0.4, -0.2) is 59.5 Å². The second-order valence-electron chi connectivity index (χ2n) is 6.81. The van der Waals surface area contributed by atoms with Crippen molar-refractivity contribution in [3.63, 3.8) is 0 Å². The van der Waals surface area contributed by atoms with Crippen molar-refractivity contribution in [2.75, 3.05) is 13.1 Å². The molecule has 4 rings (SSSR count). The molecule has 1 aliphatic carbocycles. The zero-order valence-electron chi connectivity index (χ0n) is 15.1. The van der Waals surface area contributed by atoms with Gasteiger partial charge in [-0.2, -0.15) is 0 Å². The molecule has 6 atom stereocenters. The largest absolute Gasteiger partial charge is 0.391 e. The smallest absolute Gasteiger partial charge is 0.226 e. The number of rotatable bonds is 1. The van der Waals surface area contributed by atoms with Crippen LogP contribution in [0, 0.1) is 11.8 Å². The molecule has 4 fully saturated rings. The molecule has 0 aromatic rings. The Morgan fingerprint density at radius 2 is 2.14 bits per heavy atom. The topological polar surface area (TPSA) is 76.6 Å². The highest BCUT2D eigenvalue weighted by Gasteiger charge is 2.52.